The van der Waals surface area contributed by atoms with Crippen molar-refractivity contribution in [3.8, 4) is 0 Å². The van der Waals surface area contributed by atoms with E-state index in [2.05, 4.69) is 5.32 Å². The number of para-hydroxylation sites is 1. The Balaban J connectivity index is 1.34. The maximum absolute atomic E-state index is 14.2. The van der Waals surface area contributed by atoms with Gasteiger partial charge in [-0.3, -0.25) is 4.79 Å². The minimum atomic E-state index is -1.07. The number of benzene rings is 3. The van der Waals surface area contributed by atoms with Crippen molar-refractivity contribution >= 4 is 40.0 Å². The highest BCUT2D eigenvalue weighted by Crippen LogP contribution is 2.28. The van der Waals surface area contributed by atoms with Crippen molar-refractivity contribution in [1.29, 1.82) is 0 Å². The maximum atomic E-state index is 14.2. The van der Waals surface area contributed by atoms with Crippen LogP contribution in [0.25, 0.3) is 10.9 Å². The summed E-state index contributed by atoms with van der Waals surface area (Å²) in [5, 5.41) is 13.2. The third-order valence-electron chi connectivity index (χ3n) is 6.59. The molecule has 0 aliphatic carbocycles. The second kappa shape index (κ2) is 10.3. The molecule has 37 heavy (non-hydrogen) atoms. The quantitative estimate of drug-likeness (QED) is 0.394. The molecule has 0 bridgehead atoms. The maximum Gasteiger partial charge on any atom is 0.336 e. The Kier molecular flexibility index (Phi) is 6.72. The lowest BCUT2D eigenvalue weighted by molar-refractivity contribution is -0.115. The van der Waals surface area contributed by atoms with Gasteiger partial charge in [-0.1, -0.05) is 42.0 Å². The summed E-state index contributed by atoms with van der Waals surface area (Å²) >= 11 is 0. The molecule has 1 aliphatic heterocycles. The fraction of sp³-hybridized carbons (Fsp3) is 0.207. The molecule has 1 fully saturated rings. The Morgan fingerprint density at radius 2 is 1.65 bits per heavy atom. The summed E-state index contributed by atoms with van der Waals surface area (Å²) in [7, 11) is 0. The van der Waals surface area contributed by atoms with Crippen molar-refractivity contribution in [3.05, 3.63) is 95.3 Å². The van der Waals surface area contributed by atoms with Gasteiger partial charge < -0.3 is 20.2 Å². The monoisotopic (exact) mass is 498 g/mol. The lowest BCUT2D eigenvalue weighted by atomic mass is 10.1. The molecule has 1 amide bonds. The highest BCUT2D eigenvalue weighted by molar-refractivity contribution is 6.05. The molecule has 1 aliphatic rings. The number of carbonyl (C=O) groups excluding carboxylic acids is 1. The van der Waals surface area contributed by atoms with E-state index in [1.54, 1.807) is 36.4 Å². The van der Waals surface area contributed by atoms with Gasteiger partial charge in [0.1, 0.15) is 11.6 Å². The number of aromatic carboxylic acids is 1. The summed E-state index contributed by atoms with van der Waals surface area (Å²) in [5.41, 5.74) is 3.75. The number of hydrogen-bond donors (Lipinski definition) is 2. The molecule has 0 saturated carbocycles. The molecular formula is C29H27FN4O3. The first-order valence-electron chi connectivity index (χ1n) is 12.2. The first kappa shape index (κ1) is 24.2. The fourth-order valence-corrected chi connectivity index (χ4v) is 4.61. The molecule has 1 saturated heterocycles. The number of pyridine rings is 1. The standard InChI is InChI=1S/C29H27FN4O3/c1-19-6-8-20(9-7-19)16-28(35)31-21-10-11-25-22(17-21)23(29(36)37)18-27(32-25)34-14-12-33(13-15-34)26-5-3-2-4-24(26)30/h2-11,17-18H,12-16H2,1H3,(H,31,35)(H,36,37). The van der Waals surface area contributed by atoms with Crippen molar-refractivity contribution in [2.45, 2.75) is 13.3 Å². The Labute approximate surface area is 214 Å². The number of rotatable bonds is 6. The zero-order valence-corrected chi connectivity index (χ0v) is 20.4. The summed E-state index contributed by atoms with van der Waals surface area (Å²) in [5.74, 6) is -0.942. The van der Waals surface area contributed by atoms with Crippen LogP contribution in [0.1, 0.15) is 21.5 Å². The third-order valence-corrected chi connectivity index (χ3v) is 6.59. The van der Waals surface area contributed by atoms with E-state index < -0.39 is 5.97 Å². The third kappa shape index (κ3) is 5.38. The molecule has 7 nitrogen and oxygen atoms in total. The van der Waals surface area contributed by atoms with Crippen LogP contribution in [0.5, 0.6) is 0 Å². The van der Waals surface area contributed by atoms with E-state index in [0.717, 1.165) is 11.1 Å². The largest absolute Gasteiger partial charge is 0.478 e. The van der Waals surface area contributed by atoms with Gasteiger partial charge in [-0.05, 0) is 48.9 Å². The minimum Gasteiger partial charge on any atom is -0.478 e. The number of halogens is 1. The van der Waals surface area contributed by atoms with E-state index in [1.165, 1.54) is 6.07 Å². The van der Waals surface area contributed by atoms with E-state index in [4.69, 9.17) is 4.98 Å². The molecule has 4 aromatic rings. The molecule has 188 valence electrons. The zero-order valence-electron chi connectivity index (χ0n) is 20.4. The van der Waals surface area contributed by atoms with Crippen molar-refractivity contribution in [1.82, 2.24) is 4.98 Å². The highest BCUT2D eigenvalue weighted by atomic mass is 19.1. The number of carbonyl (C=O) groups is 2. The summed E-state index contributed by atoms with van der Waals surface area (Å²) in [6.45, 7) is 4.34. The Hall–Kier alpha value is -4.46. The van der Waals surface area contributed by atoms with Crippen LogP contribution in [-0.2, 0) is 11.2 Å². The second-order valence-electron chi connectivity index (χ2n) is 9.20. The fourth-order valence-electron chi connectivity index (χ4n) is 4.61. The van der Waals surface area contributed by atoms with Gasteiger partial charge in [0, 0.05) is 37.3 Å². The van der Waals surface area contributed by atoms with Crippen molar-refractivity contribution < 1.29 is 19.1 Å². The topological polar surface area (TPSA) is 85.8 Å². The first-order chi connectivity index (χ1) is 17.9. The molecule has 0 unspecified atom stereocenters. The molecule has 3 aromatic carbocycles. The smallest absolute Gasteiger partial charge is 0.336 e. The van der Waals surface area contributed by atoms with E-state index >= 15 is 0 Å². The number of nitrogens with one attached hydrogen (secondary N) is 1. The molecular weight excluding hydrogens is 471 g/mol. The van der Waals surface area contributed by atoms with Gasteiger partial charge in [0.25, 0.3) is 0 Å². The number of nitrogens with zero attached hydrogens (tertiary/aromatic N) is 3. The predicted molar refractivity (Wildman–Crippen MR) is 143 cm³/mol. The van der Waals surface area contributed by atoms with E-state index in [-0.39, 0.29) is 23.7 Å². The molecule has 5 rings (SSSR count). The SMILES string of the molecule is Cc1ccc(CC(=O)Nc2ccc3nc(N4CCN(c5ccccc5F)CC4)cc(C(=O)O)c3c2)cc1. The van der Waals surface area contributed by atoms with Gasteiger partial charge >= 0.3 is 5.97 Å². The van der Waals surface area contributed by atoms with Crippen LogP contribution in [0.2, 0.25) is 0 Å². The van der Waals surface area contributed by atoms with Crippen LogP contribution in [0.3, 0.4) is 0 Å². The molecule has 0 radical (unpaired) electrons. The van der Waals surface area contributed by atoms with Gasteiger partial charge in [0.05, 0.1) is 23.2 Å². The molecule has 2 heterocycles. The number of anilines is 3. The zero-order chi connectivity index (χ0) is 25.9. The number of carboxylic acids is 1. The minimum absolute atomic E-state index is 0.117. The van der Waals surface area contributed by atoms with Gasteiger partial charge in [-0.15, -0.1) is 0 Å². The van der Waals surface area contributed by atoms with Gasteiger partial charge in [0.15, 0.2) is 0 Å². The average Bonchev–Trinajstić information content (AvgIpc) is 2.90. The highest BCUT2D eigenvalue weighted by Gasteiger charge is 2.22. The van der Waals surface area contributed by atoms with E-state index in [0.29, 0.717) is 54.3 Å². The van der Waals surface area contributed by atoms with Gasteiger partial charge in [-0.25, -0.2) is 14.2 Å². The number of carboxylic acid groups (broad SMARTS) is 1. The van der Waals surface area contributed by atoms with Crippen LogP contribution in [0.15, 0.2) is 72.8 Å². The number of piperazine rings is 1. The van der Waals surface area contributed by atoms with Gasteiger partial charge in [0.2, 0.25) is 5.91 Å². The number of aryl methyl sites for hydroxylation is 1. The van der Waals surface area contributed by atoms with Crippen LogP contribution in [0.4, 0.5) is 21.6 Å². The van der Waals surface area contributed by atoms with Crippen molar-refractivity contribution in [3.63, 3.8) is 0 Å². The predicted octanol–water partition coefficient (Wildman–Crippen LogP) is 4.89. The average molecular weight is 499 g/mol. The van der Waals surface area contributed by atoms with Crippen molar-refractivity contribution in [2.75, 3.05) is 41.3 Å². The van der Waals surface area contributed by atoms with Gasteiger partial charge in [-0.2, -0.15) is 0 Å². The number of aromatic nitrogens is 1. The van der Waals surface area contributed by atoms with E-state index in [9.17, 15) is 19.1 Å². The number of amides is 1. The van der Waals surface area contributed by atoms with Crippen LogP contribution in [-0.4, -0.2) is 48.1 Å². The van der Waals surface area contributed by atoms with E-state index in [1.807, 2.05) is 47.1 Å². The van der Waals surface area contributed by atoms with Crippen LogP contribution in [0, 0.1) is 12.7 Å². The van der Waals surface area contributed by atoms with Crippen LogP contribution < -0.4 is 15.1 Å². The molecule has 8 heteroatoms. The summed E-state index contributed by atoms with van der Waals surface area (Å²) < 4.78 is 14.2. The Morgan fingerprint density at radius 3 is 2.35 bits per heavy atom. The number of hydrogen-bond acceptors (Lipinski definition) is 5. The molecule has 2 N–H and O–H groups in total. The lowest BCUT2D eigenvalue weighted by Gasteiger charge is -2.37. The molecule has 0 spiro atoms. The number of fused-ring (bicyclic) bond motifs is 1. The summed E-state index contributed by atoms with van der Waals surface area (Å²) in [6.07, 6.45) is 0.222. The van der Waals surface area contributed by atoms with Crippen LogP contribution >= 0.6 is 0 Å². The second-order valence-corrected chi connectivity index (χ2v) is 9.20. The Morgan fingerprint density at radius 1 is 0.946 bits per heavy atom. The normalized spacial score (nSPS) is 13.6. The molecule has 0 atom stereocenters. The Bertz CT molecular complexity index is 1460. The van der Waals surface area contributed by atoms with Crippen molar-refractivity contribution in [2.24, 2.45) is 0 Å². The lowest BCUT2D eigenvalue weighted by Crippen LogP contribution is -2.47. The summed E-state index contributed by atoms with van der Waals surface area (Å²) in [6, 6.07) is 21.1. The first-order valence-corrected chi connectivity index (χ1v) is 12.2. The summed E-state index contributed by atoms with van der Waals surface area (Å²) in [4.78, 5) is 33.4. The molecule has 1 aromatic heterocycles.